The topological polar surface area (TPSA) is 157 Å². The first kappa shape index (κ1) is 27.6. The zero-order valence-electron chi connectivity index (χ0n) is 21.4. The quantitative estimate of drug-likeness (QED) is 0.203. The van der Waals surface area contributed by atoms with Gasteiger partial charge in [0.1, 0.15) is 22.7 Å². The van der Waals surface area contributed by atoms with Gasteiger partial charge in [0.05, 0.1) is 24.0 Å². The molecule has 2 aliphatic carbocycles. The predicted molar refractivity (Wildman–Crippen MR) is 147 cm³/mol. The number of halogens is 1. The number of nitrogens with two attached hydrogens (primary N) is 1. The van der Waals surface area contributed by atoms with Crippen LogP contribution in [0.5, 0.6) is 0 Å². The molecule has 0 bridgehead atoms. The van der Waals surface area contributed by atoms with E-state index in [-0.39, 0.29) is 35.7 Å². The fourth-order valence-corrected chi connectivity index (χ4v) is 4.55. The molecule has 7 N–H and O–H groups in total. The normalized spacial score (nSPS) is 23.8. The molecule has 38 heavy (non-hydrogen) atoms. The van der Waals surface area contributed by atoms with E-state index in [1.165, 1.54) is 6.20 Å². The van der Waals surface area contributed by atoms with Gasteiger partial charge in [0.25, 0.3) is 5.91 Å². The Morgan fingerprint density at radius 2 is 2.03 bits per heavy atom. The lowest BCUT2D eigenvalue weighted by molar-refractivity contribution is -0.124. The van der Waals surface area contributed by atoms with E-state index < -0.39 is 6.04 Å². The van der Waals surface area contributed by atoms with Gasteiger partial charge < -0.3 is 26.8 Å². The summed E-state index contributed by atoms with van der Waals surface area (Å²) < 4.78 is 0. The number of carbonyl (C=O) groups excluding carboxylic acids is 2. The van der Waals surface area contributed by atoms with Crippen molar-refractivity contribution < 1.29 is 14.7 Å². The number of aliphatic imine (C=N–C) groups is 1. The highest BCUT2D eigenvalue weighted by Crippen LogP contribution is 2.27. The molecule has 1 aromatic heterocycles. The molecule has 12 heteroatoms. The summed E-state index contributed by atoms with van der Waals surface area (Å²) in [6, 6.07) is 2.77. The molecule has 204 valence electrons. The van der Waals surface area contributed by atoms with Crippen molar-refractivity contribution in [3.05, 3.63) is 59.3 Å². The average Bonchev–Trinajstić information content (AvgIpc) is 3.71. The summed E-state index contributed by atoms with van der Waals surface area (Å²) in [5.74, 6) is -0.0579. The third-order valence-electron chi connectivity index (χ3n) is 6.65. The van der Waals surface area contributed by atoms with Crippen molar-refractivity contribution in [1.29, 1.82) is 0 Å². The van der Waals surface area contributed by atoms with Gasteiger partial charge in [0.2, 0.25) is 5.91 Å². The number of allylic oxidation sites excluding steroid dienone is 1. The molecule has 2 heterocycles. The molecule has 11 nitrogen and oxygen atoms in total. The lowest BCUT2D eigenvalue weighted by Crippen LogP contribution is -2.49. The fraction of sp³-hybridized carbons (Fsp3) is 0.462. The van der Waals surface area contributed by atoms with Crippen LogP contribution in [0.4, 0.5) is 5.69 Å². The van der Waals surface area contributed by atoms with Crippen LogP contribution in [-0.2, 0) is 9.59 Å². The summed E-state index contributed by atoms with van der Waals surface area (Å²) in [5.41, 5.74) is 11.2. The van der Waals surface area contributed by atoms with E-state index in [2.05, 4.69) is 32.9 Å². The number of rotatable bonds is 9. The van der Waals surface area contributed by atoms with E-state index in [4.69, 9.17) is 27.4 Å². The van der Waals surface area contributed by atoms with Crippen molar-refractivity contribution in [2.45, 2.75) is 69.6 Å². The van der Waals surface area contributed by atoms with Crippen molar-refractivity contribution in [3.63, 3.8) is 0 Å². The number of hydrazine groups is 1. The molecule has 2 fully saturated rings. The number of aliphatic hydroxyl groups is 1. The van der Waals surface area contributed by atoms with Crippen LogP contribution in [0.15, 0.2) is 59.1 Å². The lowest BCUT2D eigenvalue weighted by atomic mass is 9.91. The molecule has 1 aliphatic heterocycles. The molecule has 3 aliphatic rings. The van der Waals surface area contributed by atoms with E-state index in [9.17, 15) is 9.59 Å². The van der Waals surface area contributed by atoms with Gasteiger partial charge in [-0.2, -0.15) is 0 Å². The predicted octanol–water partition coefficient (Wildman–Crippen LogP) is 1.69. The van der Waals surface area contributed by atoms with Gasteiger partial charge in [-0.1, -0.05) is 24.3 Å². The zero-order valence-corrected chi connectivity index (χ0v) is 22.2. The molecule has 2 amide bonds. The van der Waals surface area contributed by atoms with E-state index >= 15 is 0 Å². The zero-order chi connectivity index (χ0) is 27.2. The Labute approximate surface area is 227 Å². The van der Waals surface area contributed by atoms with Crippen molar-refractivity contribution >= 4 is 34.9 Å². The smallest absolute Gasteiger partial charge is 0.273 e. The van der Waals surface area contributed by atoms with Crippen LogP contribution < -0.4 is 27.1 Å². The minimum absolute atomic E-state index is 0.00907. The fourth-order valence-electron chi connectivity index (χ4n) is 4.37. The number of nitrogens with one attached hydrogen (secondary N) is 4. The van der Waals surface area contributed by atoms with Gasteiger partial charge >= 0.3 is 0 Å². The van der Waals surface area contributed by atoms with Crippen LogP contribution >= 0.6 is 11.6 Å². The summed E-state index contributed by atoms with van der Waals surface area (Å²) in [5, 5.41) is 20.3. The van der Waals surface area contributed by atoms with Crippen LogP contribution in [0.25, 0.3) is 0 Å². The number of aliphatic hydroxyl groups excluding tert-OH is 1. The highest BCUT2D eigenvalue weighted by Gasteiger charge is 2.31. The Balaban J connectivity index is 1.46. The number of hydrogen-bond donors (Lipinski definition) is 6. The first-order valence-corrected chi connectivity index (χ1v) is 13.2. The molecule has 0 saturated heterocycles. The number of carbonyl (C=O) groups is 2. The maximum atomic E-state index is 13.2. The highest BCUT2D eigenvalue weighted by molar-refractivity contribution is 6.29. The Morgan fingerprint density at radius 1 is 1.32 bits per heavy atom. The molecule has 2 saturated carbocycles. The minimum Gasteiger partial charge on any atom is -0.394 e. The molecule has 0 unspecified atom stereocenters. The van der Waals surface area contributed by atoms with Gasteiger partial charge in [-0.3, -0.25) is 20.0 Å². The number of aromatic nitrogens is 1. The largest absolute Gasteiger partial charge is 0.394 e. The van der Waals surface area contributed by atoms with Crippen LogP contribution in [0.2, 0.25) is 5.15 Å². The highest BCUT2D eigenvalue weighted by atomic mass is 35.5. The van der Waals surface area contributed by atoms with Crippen molar-refractivity contribution in [3.8, 4) is 0 Å². The molecule has 0 aromatic carbocycles. The van der Waals surface area contributed by atoms with Crippen LogP contribution in [0, 0.1) is 0 Å². The van der Waals surface area contributed by atoms with Gasteiger partial charge in [0, 0.05) is 30.0 Å². The first-order chi connectivity index (χ1) is 18.3. The third kappa shape index (κ3) is 7.12. The molecular weight excluding hydrogens is 508 g/mol. The van der Waals surface area contributed by atoms with Crippen LogP contribution in [-0.4, -0.2) is 63.5 Å². The summed E-state index contributed by atoms with van der Waals surface area (Å²) in [6.45, 7) is 5.63. The van der Waals surface area contributed by atoms with Crippen molar-refractivity contribution in [1.82, 2.24) is 26.1 Å². The SMILES string of the molecule is C=C1C(NC2CC2)=CC(=NC2CCC(NC(=O)[C@H](N)CO)CC2)NN1/C(=C\C)C(=O)Nc1ccnc(Cl)c1. The second-order valence-electron chi connectivity index (χ2n) is 9.68. The van der Waals surface area contributed by atoms with Crippen molar-refractivity contribution in [2.24, 2.45) is 10.7 Å². The maximum absolute atomic E-state index is 13.2. The standard InChI is InChI=1S/C26H35ClN8O3/c1-3-22(26(38)33-19-10-11-29-23(27)12-19)35-15(2)21(30-16-4-5-16)13-24(34-35)31-17-6-8-18(9-7-17)32-25(37)20(28)14-36/h3,10-13,16-18,20,30,36H,2,4-9,14,28H2,1H3,(H,31,34)(H,32,37)(H,29,33,38)/b22-3-/t17?,18?,20-/m1/s1. The average molecular weight is 543 g/mol. The molecule has 0 radical (unpaired) electrons. The van der Waals surface area contributed by atoms with Crippen LogP contribution in [0.3, 0.4) is 0 Å². The van der Waals surface area contributed by atoms with E-state index in [0.29, 0.717) is 29.0 Å². The number of hydrogen-bond acceptors (Lipinski definition) is 8. The van der Waals surface area contributed by atoms with Gasteiger partial charge in [-0.15, -0.1) is 0 Å². The monoisotopic (exact) mass is 542 g/mol. The van der Waals surface area contributed by atoms with E-state index in [0.717, 1.165) is 44.2 Å². The maximum Gasteiger partial charge on any atom is 0.273 e. The Morgan fingerprint density at radius 3 is 2.66 bits per heavy atom. The Hall–Kier alpha value is -3.41. The van der Waals surface area contributed by atoms with Gasteiger partial charge in [0.15, 0.2) is 0 Å². The number of amidine groups is 1. The molecule has 4 rings (SSSR count). The third-order valence-corrected chi connectivity index (χ3v) is 6.86. The van der Waals surface area contributed by atoms with E-state index in [1.54, 1.807) is 30.1 Å². The summed E-state index contributed by atoms with van der Waals surface area (Å²) in [7, 11) is 0. The molecule has 0 spiro atoms. The number of amides is 2. The lowest BCUT2D eigenvalue weighted by Gasteiger charge is -2.35. The summed E-state index contributed by atoms with van der Waals surface area (Å²) in [6.07, 6.45) is 10.4. The molecular formula is C26H35ClN8O3. The molecule has 1 atom stereocenters. The summed E-state index contributed by atoms with van der Waals surface area (Å²) in [4.78, 5) is 34.1. The van der Waals surface area contributed by atoms with Crippen molar-refractivity contribution in [2.75, 3.05) is 11.9 Å². The second kappa shape index (κ2) is 12.4. The summed E-state index contributed by atoms with van der Waals surface area (Å²) >= 11 is 5.97. The number of pyridine rings is 1. The van der Waals surface area contributed by atoms with Crippen LogP contribution in [0.1, 0.15) is 45.4 Å². The Bertz CT molecular complexity index is 1150. The molecule has 1 aromatic rings. The Kier molecular flexibility index (Phi) is 9.03. The van der Waals surface area contributed by atoms with Gasteiger partial charge in [-0.25, -0.2) is 9.99 Å². The second-order valence-corrected chi connectivity index (χ2v) is 10.1. The van der Waals surface area contributed by atoms with E-state index in [1.807, 2.05) is 6.08 Å². The minimum atomic E-state index is -0.908. The number of nitrogens with zero attached hydrogens (tertiary/aromatic N) is 3. The van der Waals surface area contributed by atoms with Gasteiger partial charge in [-0.05, 0) is 57.6 Å². The number of anilines is 1. The first-order valence-electron chi connectivity index (χ1n) is 12.9.